The SMILES string of the molecule is CCC1(CO)CCN(C(=O)c2nc(C3CC3)n3ccccc23)CC1. The van der Waals surface area contributed by atoms with Gasteiger partial charge in [0.2, 0.25) is 0 Å². The van der Waals surface area contributed by atoms with Crippen LogP contribution in [0.25, 0.3) is 5.52 Å². The predicted molar refractivity (Wildman–Crippen MR) is 92.1 cm³/mol. The molecular formula is C19H25N3O2. The van der Waals surface area contributed by atoms with Gasteiger partial charge in [-0.05, 0) is 49.7 Å². The molecule has 1 aliphatic carbocycles. The third-order valence-corrected chi connectivity index (χ3v) is 5.92. The number of rotatable bonds is 4. The summed E-state index contributed by atoms with van der Waals surface area (Å²) in [4.78, 5) is 19.7. The van der Waals surface area contributed by atoms with E-state index in [-0.39, 0.29) is 17.9 Å². The quantitative estimate of drug-likeness (QED) is 0.939. The lowest BCUT2D eigenvalue weighted by Gasteiger charge is -2.40. The number of carbonyl (C=O) groups is 1. The van der Waals surface area contributed by atoms with Gasteiger partial charge in [-0.1, -0.05) is 13.0 Å². The molecule has 1 saturated carbocycles. The topological polar surface area (TPSA) is 57.8 Å². The maximum absolute atomic E-state index is 13.0. The molecular weight excluding hydrogens is 302 g/mol. The van der Waals surface area contributed by atoms with E-state index in [4.69, 9.17) is 4.98 Å². The van der Waals surface area contributed by atoms with Crippen molar-refractivity contribution in [3.63, 3.8) is 0 Å². The average Bonchev–Trinajstić information content (AvgIpc) is 3.42. The van der Waals surface area contributed by atoms with Crippen molar-refractivity contribution in [1.82, 2.24) is 14.3 Å². The molecule has 1 aliphatic heterocycles. The molecule has 4 rings (SSSR count). The van der Waals surface area contributed by atoms with Gasteiger partial charge in [-0.25, -0.2) is 4.98 Å². The highest BCUT2D eigenvalue weighted by Gasteiger charge is 2.36. The highest BCUT2D eigenvalue weighted by Crippen LogP contribution is 2.40. The van der Waals surface area contributed by atoms with E-state index in [0.29, 0.717) is 24.7 Å². The first-order chi connectivity index (χ1) is 11.7. The Morgan fingerprint density at radius 3 is 2.71 bits per heavy atom. The third kappa shape index (κ3) is 2.51. The summed E-state index contributed by atoms with van der Waals surface area (Å²) < 4.78 is 2.08. The largest absolute Gasteiger partial charge is 0.396 e. The first kappa shape index (κ1) is 15.6. The summed E-state index contributed by atoms with van der Waals surface area (Å²) in [6.07, 6.45) is 7.05. The molecule has 1 saturated heterocycles. The molecule has 2 fully saturated rings. The van der Waals surface area contributed by atoms with E-state index in [2.05, 4.69) is 11.3 Å². The van der Waals surface area contributed by atoms with E-state index >= 15 is 0 Å². The van der Waals surface area contributed by atoms with E-state index in [1.807, 2.05) is 29.3 Å². The first-order valence-corrected chi connectivity index (χ1v) is 9.04. The summed E-state index contributed by atoms with van der Waals surface area (Å²) in [6, 6.07) is 5.95. The first-order valence-electron chi connectivity index (χ1n) is 9.04. The van der Waals surface area contributed by atoms with Crippen LogP contribution in [0.1, 0.15) is 61.3 Å². The van der Waals surface area contributed by atoms with Gasteiger partial charge in [0.15, 0.2) is 5.69 Å². The smallest absolute Gasteiger partial charge is 0.274 e. The molecule has 0 atom stereocenters. The normalized spacial score (nSPS) is 20.5. The minimum absolute atomic E-state index is 0.00772. The molecule has 0 aromatic carbocycles. The van der Waals surface area contributed by atoms with Gasteiger partial charge in [0, 0.05) is 31.8 Å². The standard InChI is InChI=1S/C19H25N3O2/c1-2-19(13-23)8-11-21(12-9-19)18(24)16-15-5-3-4-10-22(15)17(20-16)14-6-7-14/h3-5,10,14,23H,2,6-9,11-13H2,1H3. The van der Waals surface area contributed by atoms with E-state index in [1.54, 1.807) is 0 Å². The van der Waals surface area contributed by atoms with E-state index in [0.717, 1.165) is 30.6 Å². The Kier molecular flexibility index (Phi) is 3.83. The van der Waals surface area contributed by atoms with Crippen molar-refractivity contribution >= 4 is 11.4 Å². The molecule has 1 N–H and O–H groups in total. The van der Waals surface area contributed by atoms with Crippen LogP contribution in [-0.2, 0) is 0 Å². The molecule has 128 valence electrons. The molecule has 0 bridgehead atoms. The monoisotopic (exact) mass is 327 g/mol. The third-order valence-electron chi connectivity index (χ3n) is 5.92. The van der Waals surface area contributed by atoms with Gasteiger partial charge in [0.05, 0.1) is 5.52 Å². The van der Waals surface area contributed by atoms with E-state index in [9.17, 15) is 9.90 Å². The number of aliphatic hydroxyl groups excluding tert-OH is 1. The maximum Gasteiger partial charge on any atom is 0.274 e. The lowest BCUT2D eigenvalue weighted by molar-refractivity contribution is 0.0336. The van der Waals surface area contributed by atoms with Gasteiger partial charge in [0.1, 0.15) is 5.82 Å². The molecule has 2 aromatic heterocycles. The molecule has 3 heterocycles. The second kappa shape index (κ2) is 5.88. The minimum atomic E-state index is -0.00772. The summed E-state index contributed by atoms with van der Waals surface area (Å²) in [5.41, 5.74) is 1.50. The Balaban J connectivity index is 1.60. The Hall–Kier alpha value is -1.88. The van der Waals surface area contributed by atoms with Gasteiger partial charge >= 0.3 is 0 Å². The van der Waals surface area contributed by atoms with Crippen molar-refractivity contribution in [1.29, 1.82) is 0 Å². The van der Waals surface area contributed by atoms with Gasteiger partial charge < -0.3 is 14.4 Å². The van der Waals surface area contributed by atoms with Crippen LogP contribution in [0.4, 0.5) is 0 Å². The van der Waals surface area contributed by atoms with Crippen LogP contribution < -0.4 is 0 Å². The number of hydrogen-bond donors (Lipinski definition) is 1. The Morgan fingerprint density at radius 1 is 1.33 bits per heavy atom. The van der Waals surface area contributed by atoms with Gasteiger partial charge in [-0.15, -0.1) is 0 Å². The van der Waals surface area contributed by atoms with Crippen molar-refractivity contribution in [3.8, 4) is 0 Å². The minimum Gasteiger partial charge on any atom is -0.396 e. The summed E-state index contributed by atoms with van der Waals surface area (Å²) in [7, 11) is 0. The van der Waals surface area contributed by atoms with E-state index in [1.165, 1.54) is 12.8 Å². The number of aliphatic hydroxyl groups is 1. The molecule has 0 unspecified atom stereocenters. The average molecular weight is 327 g/mol. The van der Waals surface area contributed by atoms with Crippen molar-refractivity contribution < 1.29 is 9.90 Å². The van der Waals surface area contributed by atoms with Crippen LogP contribution in [-0.4, -0.2) is 45.0 Å². The van der Waals surface area contributed by atoms with E-state index < -0.39 is 0 Å². The Morgan fingerprint density at radius 2 is 2.08 bits per heavy atom. The molecule has 5 heteroatoms. The second-order valence-electron chi connectivity index (χ2n) is 7.35. The van der Waals surface area contributed by atoms with Crippen LogP contribution in [0.15, 0.2) is 24.4 Å². The molecule has 2 aliphatic rings. The number of fused-ring (bicyclic) bond motifs is 1. The number of carbonyl (C=O) groups excluding carboxylic acids is 1. The number of nitrogens with zero attached hydrogens (tertiary/aromatic N) is 3. The van der Waals surface area contributed by atoms with Crippen LogP contribution in [0, 0.1) is 5.41 Å². The van der Waals surface area contributed by atoms with Crippen molar-refractivity contribution in [3.05, 3.63) is 35.9 Å². The molecule has 2 aromatic rings. The highest BCUT2D eigenvalue weighted by atomic mass is 16.3. The fourth-order valence-corrected chi connectivity index (χ4v) is 3.81. The number of imidazole rings is 1. The molecule has 1 amide bonds. The van der Waals surface area contributed by atoms with Gasteiger partial charge in [0.25, 0.3) is 5.91 Å². The zero-order chi connectivity index (χ0) is 16.7. The number of likely N-dealkylation sites (tertiary alicyclic amines) is 1. The zero-order valence-corrected chi connectivity index (χ0v) is 14.2. The van der Waals surface area contributed by atoms with Gasteiger partial charge in [-0.3, -0.25) is 4.79 Å². The number of piperidine rings is 1. The van der Waals surface area contributed by atoms with Gasteiger partial charge in [-0.2, -0.15) is 0 Å². The van der Waals surface area contributed by atoms with Crippen LogP contribution in [0.3, 0.4) is 0 Å². The summed E-state index contributed by atoms with van der Waals surface area (Å²) in [5.74, 6) is 1.57. The summed E-state index contributed by atoms with van der Waals surface area (Å²) in [5, 5.41) is 9.68. The number of hydrogen-bond acceptors (Lipinski definition) is 3. The Bertz CT molecular complexity index is 749. The fourth-order valence-electron chi connectivity index (χ4n) is 3.81. The van der Waals surface area contributed by atoms with Crippen molar-refractivity contribution in [2.75, 3.05) is 19.7 Å². The summed E-state index contributed by atoms with van der Waals surface area (Å²) >= 11 is 0. The highest BCUT2D eigenvalue weighted by molar-refractivity contribution is 5.99. The number of amides is 1. The lowest BCUT2D eigenvalue weighted by Crippen LogP contribution is -2.44. The van der Waals surface area contributed by atoms with Crippen molar-refractivity contribution in [2.24, 2.45) is 5.41 Å². The molecule has 5 nitrogen and oxygen atoms in total. The van der Waals surface area contributed by atoms with Crippen molar-refractivity contribution in [2.45, 2.75) is 44.9 Å². The number of pyridine rings is 1. The zero-order valence-electron chi connectivity index (χ0n) is 14.2. The maximum atomic E-state index is 13.0. The van der Waals surface area contributed by atoms with Crippen LogP contribution >= 0.6 is 0 Å². The number of aromatic nitrogens is 2. The van der Waals surface area contributed by atoms with Crippen LogP contribution in [0.5, 0.6) is 0 Å². The molecule has 24 heavy (non-hydrogen) atoms. The summed E-state index contributed by atoms with van der Waals surface area (Å²) in [6.45, 7) is 3.75. The van der Waals surface area contributed by atoms with Crippen LogP contribution in [0.2, 0.25) is 0 Å². The fraction of sp³-hybridized carbons (Fsp3) is 0.579. The second-order valence-corrected chi connectivity index (χ2v) is 7.35. The lowest BCUT2D eigenvalue weighted by atomic mass is 9.77. The molecule has 0 spiro atoms. The predicted octanol–water partition coefficient (Wildman–Crippen LogP) is 2.84. The Labute approximate surface area is 142 Å². The molecule has 0 radical (unpaired) electrons.